The van der Waals surface area contributed by atoms with E-state index in [1.165, 1.54) is 0 Å². The highest BCUT2D eigenvalue weighted by Crippen LogP contribution is 2.42. The summed E-state index contributed by atoms with van der Waals surface area (Å²) in [6.45, 7) is 0. The van der Waals surface area contributed by atoms with Crippen molar-refractivity contribution in [2.75, 3.05) is 4.90 Å². The molecule has 0 bridgehead atoms. The Hall–Kier alpha value is -3.16. The van der Waals surface area contributed by atoms with Gasteiger partial charge in [-0.3, -0.25) is 4.98 Å². The summed E-state index contributed by atoms with van der Waals surface area (Å²) in [5.41, 5.74) is 3.95. The molecule has 31 heavy (non-hydrogen) atoms. The Morgan fingerprint density at radius 1 is 0.935 bits per heavy atom. The lowest BCUT2D eigenvalue weighted by atomic mass is 10.0. The molecule has 2 aromatic heterocycles. The molecule has 0 aliphatic carbocycles. The zero-order valence-electron chi connectivity index (χ0n) is 16.4. The first-order valence-electron chi connectivity index (χ1n) is 9.85. The van der Waals surface area contributed by atoms with Crippen molar-refractivity contribution in [1.82, 2.24) is 14.9 Å². The second-order valence-electron chi connectivity index (χ2n) is 7.30. The minimum atomic E-state index is -0.138. The van der Waals surface area contributed by atoms with E-state index in [1.54, 1.807) is 18.3 Å². The molecule has 1 aliphatic heterocycles. The first kappa shape index (κ1) is 19.8. The number of phenols is 1. The summed E-state index contributed by atoms with van der Waals surface area (Å²) in [7, 11) is 0. The smallest absolute Gasteiger partial charge is 0.174 e. The highest BCUT2D eigenvalue weighted by molar-refractivity contribution is 9.10. The number of thiocarbonyl (C=S) groups is 1. The normalized spacial score (nSPS) is 18.2. The van der Waals surface area contributed by atoms with Gasteiger partial charge in [0.1, 0.15) is 11.8 Å². The first-order chi connectivity index (χ1) is 15.1. The molecule has 154 valence electrons. The Kier molecular flexibility index (Phi) is 5.21. The second-order valence-corrected chi connectivity index (χ2v) is 8.60. The number of aromatic nitrogens is 2. The summed E-state index contributed by atoms with van der Waals surface area (Å²) in [5.74, 6) is 0.220. The van der Waals surface area contributed by atoms with Crippen LogP contribution in [0.5, 0.6) is 5.75 Å². The molecule has 2 aromatic carbocycles. The van der Waals surface area contributed by atoms with E-state index in [1.807, 2.05) is 48.5 Å². The number of benzene rings is 2. The third-order valence-electron chi connectivity index (χ3n) is 5.40. The fourth-order valence-corrected chi connectivity index (χ4v) is 4.78. The van der Waals surface area contributed by atoms with Crippen LogP contribution in [0, 0.1) is 0 Å². The number of hydrogen-bond donors (Lipinski definition) is 2. The van der Waals surface area contributed by atoms with Gasteiger partial charge in [-0.05, 0) is 78.9 Å². The van der Waals surface area contributed by atoms with Crippen molar-refractivity contribution >= 4 is 38.9 Å². The van der Waals surface area contributed by atoms with Gasteiger partial charge in [0.25, 0.3) is 0 Å². The third-order valence-corrected chi connectivity index (χ3v) is 6.20. The number of halogens is 1. The van der Waals surface area contributed by atoms with Gasteiger partial charge < -0.3 is 19.9 Å². The van der Waals surface area contributed by atoms with Crippen LogP contribution in [0.2, 0.25) is 0 Å². The largest absolute Gasteiger partial charge is 0.508 e. The van der Waals surface area contributed by atoms with Crippen LogP contribution in [-0.4, -0.2) is 19.8 Å². The van der Waals surface area contributed by atoms with Crippen LogP contribution in [0.4, 0.5) is 5.69 Å². The summed E-state index contributed by atoms with van der Waals surface area (Å²) in [6.07, 6.45) is 3.86. The van der Waals surface area contributed by atoms with Gasteiger partial charge in [0, 0.05) is 33.9 Å². The lowest BCUT2D eigenvalue weighted by Crippen LogP contribution is -2.30. The predicted molar refractivity (Wildman–Crippen MR) is 130 cm³/mol. The zero-order valence-corrected chi connectivity index (χ0v) is 18.8. The van der Waals surface area contributed by atoms with E-state index >= 15 is 0 Å². The van der Waals surface area contributed by atoms with E-state index in [9.17, 15) is 5.11 Å². The zero-order chi connectivity index (χ0) is 21.4. The Labute approximate surface area is 194 Å². The van der Waals surface area contributed by atoms with Crippen LogP contribution < -0.4 is 10.2 Å². The predicted octanol–water partition coefficient (Wildman–Crippen LogP) is 5.52. The van der Waals surface area contributed by atoms with Gasteiger partial charge in [-0.15, -0.1) is 0 Å². The summed E-state index contributed by atoms with van der Waals surface area (Å²) in [6, 6.07) is 25.1. The molecule has 2 N–H and O–H groups in total. The Balaban J connectivity index is 1.67. The van der Waals surface area contributed by atoms with Crippen LogP contribution in [-0.2, 0) is 0 Å². The van der Waals surface area contributed by atoms with Crippen LogP contribution in [0.3, 0.4) is 0 Å². The van der Waals surface area contributed by atoms with E-state index in [2.05, 4.69) is 60.1 Å². The Morgan fingerprint density at radius 2 is 1.77 bits per heavy atom. The van der Waals surface area contributed by atoms with Gasteiger partial charge >= 0.3 is 0 Å². The number of phenolic OH excluding ortho intramolecular Hbond substituents is 1. The lowest BCUT2D eigenvalue weighted by molar-refractivity contribution is 0.475. The van der Waals surface area contributed by atoms with Crippen molar-refractivity contribution in [3.05, 3.63) is 107 Å². The monoisotopic (exact) mass is 490 g/mol. The Bertz CT molecular complexity index is 1230. The minimum Gasteiger partial charge on any atom is -0.508 e. The van der Waals surface area contributed by atoms with Crippen LogP contribution in [0.15, 0.2) is 95.7 Å². The van der Waals surface area contributed by atoms with Crippen molar-refractivity contribution in [2.45, 2.75) is 12.1 Å². The summed E-state index contributed by atoms with van der Waals surface area (Å²) >= 11 is 9.35. The molecule has 1 fully saturated rings. The fourth-order valence-electron chi connectivity index (χ4n) is 4.04. The van der Waals surface area contributed by atoms with E-state index in [4.69, 9.17) is 12.2 Å². The molecule has 0 saturated carbocycles. The average molecular weight is 491 g/mol. The van der Waals surface area contributed by atoms with Gasteiger partial charge in [0.2, 0.25) is 0 Å². The molecule has 4 aromatic rings. The third kappa shape index (κ3) is 3.71. The van der Waals surface area contributed by atoms with Gasteiger partial charge in [-0.1, -0.05) is 28.1 Å². The highest BCUT2D eigenvalue weighted by atomic mass is 79.9. The lowest BCUT2D eigenvalue weighted by Gasteiger charge is -2.29. The second kappa shape index (κ2) is 8.17. The minimum absolute atomic E-state index is 0.136. The van der Waals surface area contributed by atoms with Crippen LogP contribution in [0.25, 0.3) is 5.69 Å². The molecule has 5 nitrogen and oxygen atoms in total. The van der Waals surface area contributed by atoms with Crippen molar-refractivity contribution in [3.8, 4) is 11.4 Å². The van der Waals surface area contributed by atoms with Crippen LogP contribution >= 0.6 is 28.1 Å². The molecule has 7 heteroatoms. The van der Waals surface area contributed by atoms with Crippen molar-refractivity contribution in [3.63, 3.8) is 0 Å². The summed E-state index contributed by atoms with van der Waals surface area (Å²) in [5, 5.41) is 13.9. The standard InChI is InChI=1S/C24H19BrN4OS/c25-16-5-3-6-18(15-16)28-14-4-8-21(28)23-22(20-7-1-2-13-26-20)27-24(31)29(23)17-9-11-19(30)12-10-17/h1-15,22-23,30H,(H,27,31)/t22-,23-/m1/s1. The van der Waals surface area contributed by atoms with Crippen molar-refractivity contribution in [2.24, 2.45) is 0 Å². The van der Waals surface area contributed by atoms with Gasteiger partial charge in [-0.2, -0.15) is 0 Å². The number of aromatic hydroxyl groups is 1. The molecule has 3 heterocycles. The molecule has 1 aliphatic rings. The number of nitrogens with zero attached hydrogens (tertiary/aromatic N) is 3. The summed E-state index contributed by atoms with van der Waals surface area (Å²) in [4.78, 5) is 6.70. The molecule has 0 amide bonds. The highest BCUT2D eigenvalue weighted by Gasteiger charge is 2.42. The maximum Gasteiger partial charge on any atom is 0.174 e. The molecule has 1 saturated heterocycles. The maximum absolute atomic E-state index is 9.78. The molecule has 2 atom stereocenters. The molecule has 0 spiro atoms. The van der Waals surface area contributed by atoms with Gasteiger partial charge in [0.05, 0.1) is 11.7 Å². The van der Waals surface area contributed by atoms with E-state index in [0.717, 1.165) is 27.2 Å². The topological polar surface area (TPSA) is 53.3 Å². The van der Waals surface area contributed by atoms with E-state index in [0.29, 0.717) is 5.11 Å². The number of pyridine rings is 1. The number of rotatable bonds is 4. The van der Waals surface area contributed by atoms with Gasteiger partial charge in [0.15, 0.2) is 5.11 Å². The molecular weight excluding hydrogens is 472 g/mol. The van der Waals surface area contributed by atoms with Gasteiger partial charge in [-0.25, -0.2) is 0 Å². The quantitative estimate of drug-likeness (QED) is 0.369. The van der Waals surface area contributed by atoms with Crippen molar-refractivity contribution < 1.29 is 5.11 Å². The Morgan fingerprint density at radius 3 is 2.52 bits per heavy atom. The SMILES string of the molecule is Oc1ccc(N2C(=S)N[C@H](c3ccccn3)[C@H]2c2cccn2-c2cccc(Br)c2)cc1. The fraction of sp³-hybridized carbons (Fsp3) is 0.0833. The van der Waals surface area contributed by atoms with E-state index < -0.39 is 0 Å². The number of hydrogen-bond acceptors (Lipinski definition) is 3. The molecule has 5 rings (SSSR count). The number of nitrogens with one attached hydrogen (secondary N) is 1. The van der Waals surface area contributed by atoms with Crippen molar-refractivity contribution in [1.29, 1.82) is 0 Å². The molecule has 0 unspecified atom stereocenters. The van der Waals surface area contributed by atoms with E-state index in [-0.39, 0.29) is 17.8 Å². The summed E-state index contributed by atoms with van der Waals surface area (Å²) < 4.78 is 3.19. The first-order valence-corrected chi connectivity index (χ1v) is 11.0. The average Bonchev–Trinajstić information content (AvgIpc) is 3.39. The number of anilines is 1. The van der Waals surface area contributed by atoms with Crippen LogP contribution in [0.1, 0.15) is 23.5 Å². The molecule has 0 radical (unpaired) electrons. The maximum atomic E-state index is 9.78. The molecular formula is C24H19BrN4OS.